The van der Waals surface area contributed by atoms with Crippen LogP contribution in [0.5, 0.6) is 0 Å². The first kappa shape index (κ1) is 12.9. The van der Waals surface area contributed by atoms with Gasteiger partial charge in [0.15, 0.2) is 9.84 Å². The van der Waals surface area contributed by atoms with Gasteiger partial charge in [-0.1, -0.05) is 0 Å². The third-order valence-corrected chi connectivity index (χ3v) is 3.74. The summed E-state index contributed by atoms with van der Waals surface area (Å²) in [7, 11) is -4.07. The molecule has 7 heteroatoms. The van der Waals surface area contributed by atoms with E-state index in [1.165, 1.54) is 0 Å². The average Bonchev–Trinajstić information content (AvgIpc) is 2.12. The molecule has 0 fully saturated rings. The normalized spacial score (nSPS) is 11.7. The van der Waals surface area contributed by atoms with E-state index >= 15 is 0 Å². The Morgan fingerprint density at radius 1 is 1.25 bits per heavy atom. The first-order valence-electron chi connectivity index (χ1n) is 4.46. The number of halogens is 2. The number of aliphatic hydroxyl groups is 1. The fraction of sp³-hybridized carbons (Fsp3) is 0.333. The summed E-state index contributed by atoms with van der Waals surface area (Å²) in [5.41, 5.74) is 4.97. The second kappa shape index (κ2) is 4.75. The highest BCUT2D eigenvalue weighted by Crippen LogP contribution is 2.23. The van der Waals surface area contributed by atoms with E-state index in [-0.39, 0.29) is 18.7 Å². The molecule has 0 heterocycles. The van der Waals surface area contributed by atoms with Crippen molar-refractivity contribution in [3.63, 3.8) is 0 Å². The van der Waals surface area contributed by atoms with E-state index in [2.05, 4.69) is 0 Å². The number of benzene rings is 1. The topological polar surface area (TPSA) is 80.4 Å². The highest BCUT2D eigenvalue weighted by atomic mass is 32.2. The average molecular weight is 251 g/mol. The number of nitrogens with two attached hydrogens (primary N) is 1. The van der Waals surface area contributed by atoms with Gasteiger partial charge in [0, 0.05) is 12.3 Å². The summed E-state index contributed by atoms with van der Waals surface area (Å²) in [6.07, 6.45) is -0.0778. The number of hydrogen-bond donors (Lipinski definition) is 2. The van der Waals surface area contributed by atoms with Gasteiger partial charge in [0.05, 0.1) is 5.75 Å². The monoisotopic (exact) mass is 251 g/mol. The van der Waals surface area contributed by atoms with Gasteiger partial charge in [0.25, 0.3) is 0 Å². The molecular weight excluding hydrogens is 240 g/mol. The van der Waals surface area contributed by atoms with Crippen molar-refractivity contribution in [2.45, 2.75) is 11.3 Å². The maximum atomic E-state index is 13.3. The lowest BCUT2D eigenvalue weighted by molar-refractivity contribution is 0.295. The van der Waals surface area contributed by atoms with Crippen LogP contribution < -0.4 is 5.73 Å². The summed E-state index contributed by atoms with van der Waals surface area (Å²) >= 11 is 0. The molecule has 3 N–H and O–H groups in total. The first-order chi connectivity index (χ1) is 7.38. The van der Waals surface area contributed by atoms with Crippen LogP contribution in [-0.2, 0) is 9.84 Å². The molecule has 0 spiro atoms. The minimum absolute atomic E-state index is 0.0778. The quantitative estimate of drug-likeness (QED) is 0.772. The number of sulfone groups is 1. The zero-order valence-corrected chi connectivity index (χ0v) is 9.10. The second-order valence-corrected chi connectivity index (χ2v) is 5.26. The lowest BCUT2D eigenvalue weighted by atomic mass is 10.3. The second-order valence-electron chi connectivity index (χ2n) is 3.21. The minimum Gasteiger partial charge on any atom is -0.399 e. The molecule has 1 aromatic carbocycles. The van der Waals surface area contributed by atoms with Gasteiger partial charge in [-0.25, -0.2) is 17.2 Å². The lowest BCUT2D eigenvalue weighted by Gasteiger charge is -2.07. The van der Waals surface area contributed by atoms with Crippen molar-refractivity contribution in [3.05, 3.63) is 23.8 Å². The zero-order valence-electron chi connectivity index (χ0n) is 8.28. The van der Waals surface area contributed by atoms with Gasteiger partial charge < -0.3 is 10.8 Å². The van der Waals surface area contributed by atoms with Crippen molar-refractivity contribution in [2.24, 2.45) is 0 Å². The highest BCUT2D eigenvalue weighted by molar-refractivity contribution is 7.91. The fourth-order valence-electron chi connectivity index (χ4n) is 1.23. The van der Waals surface area contributed by atoms with Crippen LogP contribution in [0.15, 0.2) is 17.0 Å². The maximum absolute atomic E-state index is 13.3. The third-order valence-electron chi connectivity index (χ3n) is 1.90. The Hall–Kier alpha value is -1.21. The van der Waals surface area contributed by atoms with E-state index in [1.807, 2.05) is 0 Å². The van der Waals surface area contributed by atoms with Crippen LogP contribution >= 0.6 is 0 Å². The smallest absolute Gasteiger partial charge is 0.184 e. The van der Waals surface area contributed by atoms with Gasteiger partial charge in [-0.05, 0) is 18.6 Å². The standard InChI is InChI=1S/C9H11F2NO3S/c10-7-4-6(12)5-8(11)9(7)16(14,15)3-1-2-13/h4-5,13H,1-3,12H2. The molecule has 90 valence electrons. The van der Waals surface area contributed by atoms with Crippen LogP contribution in [0.2, 0.25) is 0 Å². The molecule has 0 unspecified atom stereocenters. The van der Waals surface area contributed by atoms with Crippen molar-refractivity contribution in [1.29, 1.82) is 0 Å². The van der Waals surface area contributed by atoms with Gasteiger partial charge in [0.2, 0.25) is 0 Å². The van der Waals surface area contributed by atoms with Gasteiger partial charge in [0.1, 0.15) is 16.5 Å². The largest absolute Gasteiger partial charge is 0.399 e. The summed E-state index contributed by atoms with van der Waals surface area (Å²) in [5.74, 6) is -2.94. The molecule has 16 heavy (non-hydrogen) atoms. The van der Waals surface area contributed by atoms with E-state index < -0.39 is 32.1 Å². The Balaban J connectivity index is 3.23. The predicted octanol–water partition coefficient (Wildman–Crippen LogP) is 0.703. The van der Waals surface area contributed by atoms with Crippen molar-refractivity contribution in [1.82, 2.24) is 0 Å². The van der Waals surface area contributed by atoms with E-state index in [4.69, 9.17) is 10.8 Å². The third kappa shape index (κ3) is 2.67. The Morgan fingerprint density at radius 3 is 2.19 bits per heavy atom. The summed E-state index contributed by atoms with van der Waals surface area (Å²) in [6.45, 7) is -0.364. The summed E-state index contributed by atoms with van der Waals surface area (Å²) < 4.78 is 49.6. The molecule has 0 saturated carbocycles. The number of anilines is 1. The molecule has 0 aromatic heterocycles. The van der Waals surface area contributed by atoms with E-state index in [0.717, 1.165) is 12.1 Å². The summed E-state index contributed by atoms with van der Waals surface area (Å²) in [4.78, 5) is -0.991. The van der Waals surface area contributed by atoms with E-state index in [0.29, 0.717) is 0 Å². The fourth-order valence-corrected chi connectivity index (χ4v) is 2.66. The van der Waals surface area contributed by atoms with Crippen LogP contribution in [-0.4, -0.2) is 25.9 Å². The molecule has 1 aromatic rings. The molecule has 0 radical (unpaired) electrons. The molecule has 4 nitrogen and oxygen atoms in total. The molecule has 0 aliphatic carbocycles. The van der Waals surface area contributed by atoms with Crippen LogP contribution in [0.25, 0.3) is 0 Å². The Kier molecular flexibility index (Phi) is 3.82. The number of nitrogen functional groups attached to an aromatic ring is 1. The number of rotatable bonds is 4. The van der Waals surface area contributed by atoms with Gasteiger partial charge in [-0.3, -0.25) is 0 Å². The van der Waals surface area contributed by atoms with Crippen LogP contribution in [0, 0.1) is 11.6 Å². The lowest BCUT2D eigenvalue weighted by Crippen LogP contribution is -2.12. The molecule has 0 bridgehead atoms. The van der Waals surface area contributed by atoms with E-state index in [1.54, 1.807) is 0 Å². The molecule has 0 amide bonds. The van der Waals surface area contributed by atoms with Gasteiger partial charge >= 0.3 is 0 Å². The van der Waals surface area contributed by atoms with Crippen molar-refractivity contribution < 1.29 is 22.3 Å². The molecular formula is C9H11F2NO3S. The minimum atomic E-state index is -4.07. The Bertz CT molecular complexity index is 465. The number of aliphatic hydroxyl groups excluding tert-OH is 1. The van der Waals surface area contributed by atoms with E-state index in [9.17, 15) is 17.2 Å². The Morgan fingerprint density at radius 2 is 1.75 bits per heavy atom. The predicted molar refractivity (Wildman–Crippen MR) is 54.5 cm³/mol. The van der Waals surface area contributed by atoms with Crippen molar-refractivity contribution in [2.75, 3.05) is 18.1 Å². The highest BCUT2D eigenvalue weighted by Gasteiger charge is 2.24. The van der Waals surface area contributed by atoms with Gasteiger partial charge in [-0.15, -0.1) is 0 Å². The zero-order chi connectivity index (χ0) is 12.3. The van der Waals surface area contributed by atoms with Crippen molar-refractivity contribution in [3.8, 4) is 0 Å². The van der Waals surface area contributed by atoms with Crippen LogP contribution in [0.4, 0.5) is 14.5 Å². The Labute approximate surface area is 91.6 Å². The van der Waals surface area contributed by atoms with Crippen LogP contribution in [0.3, 0.4) is 0 Å². The molecule has 0 saturated heterocycles. The van der Waals surface area contributed by atoms with Crippen molar-refractivity contribution >= 4 is 15.5 Å². The molecule has 0 atom stereocenters. The SMILES string of the molecule is Nc1cc(F)c(S(=O)(=O)CCCO)c(F)c1. The van der Waals surface area contributed by atoms with Crippen LogP contribution in [0.1, 0.15) is 6.42 Å². The summed E-state index contributed by atoms with van der Waals surface area (Å²) in [5, 5.41) is 8.49. The first-order valence-corrected chi connectivity index (χ1v) is 6.12. The molecule has 1 rings (SSSR count). The maximum Gasteiger partial charge on any atom is 0.184 e. The van der Waals surface area contributed by atoms with Gasteiger partial charge in [-0.2, -0.15) is 0 Å². The number of hydrogen-bond acceptors (Lipinski definition) is 4. The molecule has 0 aliphatic rings. The molecule has 0 aliphatic heterocycles. The summed E-state index contributed by atoms with van der Waals surface area (Å²) in [6, 6.07) is 1.49.